The Hall–Kier alpha value is -2.13. The van der Waals surface area contributed by atoms with Crippen LogP contribution in [-0.2, 0) is 11.3 Å². The lowest BCUT2D eigenvalue weighted by atomic mass is 9.84. The zero-order chi connectivity index (χ0) is 20.6. The van der Waals surface area contributed by atoms with Gasteiger partial charge in [0, 0.05) is 12.6 Å². The SMILES string of the molecule is CC[C@H](CC1CCCCC1)NCc1ccc(C(=O)OC)c(-c2ccccc2C)c1. The van der Waals surface area contributed by atoms with Crippen LogP contribution in [0.3, 0.4) is 0 Å². The van der Waals surface area contributed by atoms with Crippen LogP contribution >= 0.6 is 0 Å². The molecule has 1 aliphatic carbocycles. The predicted molar refractivity (Wildman–Crippen MR) is 120 cm³/mol. The molecule has 3 rings (SSSR count). The number of hydrogen-bond donors (Lipinski definition) is 1. The van der Waals surface area contributed by atoms with Crippen LogP contribution in [0.5, 0.6) is 0 Å². The maximum atomic E-state index is 12.3. The molecule has 2 aromatic rings. The van der Waals surface area contributed by atoms with Gasteiger partial charge in [0.15, 0.2) is 0 Å². The summed E-state index contributed by atoms with van der Waals surface area (Å²) < 4.78 is 5.02. The highest BCUT2D eigenvalue weighted by Gasteiger charge is 2.19. The topological polar surface area (TPSA) is 38.3 Å². The van der Waals surface area contributed by atoms with E-state index in [0.717, 1.165) is 35.6 Å². The second-order valence-electron chi connectivity index (χ2n) is 8.41. The predicted octanol–water partition coefficient (Wildman–Crippen LogP) is 6.29. The smallest absolute Gasteiger partial charge is 0.338 e. The number of hydrogen-bond acceptors (Lipinski definition) is 3. The maximum absolute atomic E-state index is 12.3. The fourth-order valence-electron chi connectivity index (χ4n) is 4.57. The number of rotatable bonds is 8. The summed E-state index contributed by atoms with van der Waals surface area (Å²) >= 11 is 0. The molecule has 0 aliphatic heterocycles. The minimum absolute atomic E-state index is 0.286. The summed E-state index contributed by atoms with van der Waals surface area (Å²) in [5, 5.41) is 3.77. The maximum Gasteiger partial charge on any atom is 0.338 e. The van der Waals surface area contributed by atoms with Crippen molar-refractivity contribution in [2.24, 2.45) is 5.92 Å². The number of carbonyl (C=O) groups excluding carboxylic acids is 1. The fraction of sp³-hybridized carbons (Fsp3) is 0.500. The lowest BCUT2D eigenvalue weighted by Crippen LogP contribution is -2.30. The molecular formula is C26H35NO2. The molecule has 0 aromatic heterocycles. The number of esters is 1. The summed E-state index contributed by atoms with van der Waals surface area (Å²) in [4.78, 5) is 12.3. The molecule has 1 aliphatic rings. The third kappa shape index (κ3) is 5.70. The van der Waals surface area contributed by atoms with Crippen LogP contribution in [0, 0.1) is 12.8 Å². The normalized spacial score (nSPS) is 15.8. The van der Waals surface area contributed by atoms with Crippen molar-refractivity contribution in [3.05, 3.63) is 59.2 Å². The van der Waals surface area contributed by atoms with Gasteiger partial charge in [0.1, 0.15) is 0 Å². The van der Waals surface area contributed by atoms with Crippen LogP contribution in [0.15, 0.2) is 42.5 Å². The van der Waals surface area contributed by atoms with Crippen LogP contribution in [-0.4, -0.2) is 19.1 Å². The molecule has 0 saturated heterocycles. The molecule has 0 heterocycles. The van der Waals surface area contributed by atoms with Crippen LogP contribution in [0.1, 0.15) is 73.4 Å². The van der Waals surface area contributed by atoms with Gasteiger partial charge < -0.3 is 10.1 Å². The van der Waals surface area contributed by atoms with Gasteiger partial charge in [0.2, 0.25) is 0 Å². The van der Waals surface area contributed by atoms with E-state index in [9.17, 15) is 4.79 Å². The molecule has 0 bridgehead atoms. The standard InChI is InChI=1S/C26H35NO2/c1-4-22(16-20-11-6-5-7-12-20)27-18-21-14-15-24(26(28)29-3)25(17-21)23-13-9-8-10-19(23)2/h8-10,13-15,17,20,22,27H,4-7,11-12,16,18H2,1-3H3/t22-/m1/s1. The molecule has 0 amide bonds. The number of methoxy groups -OCH3 is 1. The van der Waals surface area contributed by atoms with Gasteiger partial charge in [-0.15, -0.1) is 0 Å². The van der Waals surface area contributed by atoms with Gasteiger partial charge in [-0.1, -0.05) is 69.4 Å². The van der Waals surface area contributed by atoms with Gasteiger partial charge in [-0.2, -0.15) is 0 Å². The Morgan fingerprint density at radius 3 is 2.55 bits per heavy atom. The van der Waals surface area contributed by atoms with E-state index in [-0.39, 0.29) is 5.97 Å². The summed E-state index contributed by atoms with van der Waals surface area (Å²) in [5.41, 5.74) is 5.03. The first-order chi connectivity index (χ1) is 14.1. The minimum Gasteiger partial charge on any atom is -0.465 e. The van der Waals surface area contributed by atoms with Crippen LogP contribution in [0.4, 0.5) is 0 Å². The molecule has 0 unspecified atom stereocenters. The van der Waals surface area contributed by atoms with Gasteiger partial charge in [-0.3, -0.25) is 0 Å². The number of benzene rings is 2. The molecule has 3 heteroatoms. The van der Waals surface area contributed by atoms with Crippen molar-refractivity contribution in [2.45, 2.75) is 71.4 Å². The second-order valence-corrected chi connectivity index (χ2v) is 8.41. The summed E-state index contributed by atoms with van der Waals surface area (Å²) in [5.74, 6) is 0.594. The molecule has 2 aromatic carbocycles. The van der Waals surface area contributed by atoms with Crippen molar-refractivity contribution in [3.63, 3.8) is 0 Å². The number of ether oxygens (including phenoxy) is 1. The van der Waals surface area contributed by atoms with Crippen molar-refractivity contribution < 1.29 is 9.53 Å². The third-order valence-corrected chi connectivity index (χ3v) is 6.35. The number of aryl methyl sites for hydroxylation is 1. The molecule has 3 nitrogen and oxygen atoms in total. The molecule has 1 fully saturated rings. The Morgan fingerprint density at radius 2 is 1.86 bits per heavy atom. The van der Waals surface area contributed by atoms with Crippen LogP contribution < -0.4 is 5.32 Å². The highest BCUT2D eigenvalue weighted by atomic mass is 16.5. The largest absolute Gasteiger partial charge is 0.465 e. The Labute approximate surface area is 175 Å². The van der Waals surface area contributed by atoms with E-state index >= 15 is 0 Å². The summed E-state index contributed by atoms with van der Waals surface area (Å²) in [6.45, 7) is 5.18. The van der Waals surface area contributed by atoms with Gasteiger partial charge in [-0.25, -0.2) is 4.79 Å². The van der Waals surface area contributed by atoms with Gasteiger partial charge >= 0.3 is 5.97 Å². The van der Waals surface area contributed by atoms with Crippen molar-refractivity contribution in [3.8, 4) is 11.1 Å². The lowest BCUT2D eigenvalue weighted by Gasteiger charge is -2.26. The molecular weight excluding hydrogens is 358 g/mol. The first kappa shape index (κ1) is 21.6. The van der Waals surface area contributed by atoms with Crippen LogP contribution in [0.2, 0.25) is 0 Å². The molecule has 1 saturated carbocycles. The highest BCUT2D eigenvalue weighted by Crippen LogP contribution is 2.30. The number of nitrogens with one attached hydrogen (secondary N) is 1. The lowest BCUT2D eigenvalue weighted by molar-refractivity contribution is 0.0601. The molecule has 0 spiro atoms. The third-order valence-electron chi connectivity index (χ3n) is 6.35. The number of carbonyl (C=O) groups is 1. The van der Waals surface area contributed by atoms with Gasteiger partial charge in [0.25, 0.3) is 0 Å². The molecule has 1 N–H and O–H groups in total. The average Bonchev–Trinajstić information content (AvgIpc) is 2.77. The Kier molecular flexibility index (Phi) is 7.88. The van der Waals surface area contributed by atoms with Gasteiger partial charge in [0.05, 0.1) is 12.7 Å². The van der Waals surface area contributed by atoms with E-state index in [0.29, 0.717) is 11.6 Å². The van der Waals surface area contributed by atoms with Gasteiger partial charge in [-0.05, 0) is 60.1 Å². The molecule has 0 radical (unpaired) electrons. The Morgan fingerprint density at radius 1 is 1.10 bits per heavy atom. The van der Waals surface area contributed by atoms with E-state index in [1.807, 2.05) is 24.3 Å². The van der Waals surface area contributed by atoms with E-state index in [1.165, 1.54) is 51.2 Å². The van der Waals surface area contributed by atoms with Crippen molar-refractivity contribution in [2.75, 3.05) is 7.11 Å². The minimum atomic E-state index is -0.286. The average molecular weight is 394 g/mol. The zero-order valence-corrected chi connectivity index (χ0v) is 18.2. The Balaban J connectivity index is 1.76. The van der Waals surface area contributed by atoms with Crippen molar-refractivity contribution in [1.82, 2.24) is 5.32 Å². The van der Waals surface area contributed by atoms with E-state index in [4.69, 9.17) is 4.74 Å². The first-order valence-corrected chi connectivity index (χ1v) is 11.1. The quantitative estimate of drug-likeness (QED) is 0.536. The first-order valence-electron chi connectivity index (χ1n) is 11.1. The summed E-state index contributed by atoms with van der Waals surface area (Å²) in [7, 11) is 1.44. The summed E-state index contributed by atoms with van der Waals surface area (Å²) in [6, 6.07) is 14.9. The molecule has 156 valence electrons. The van der Waals surface area contributed by atoms with E-state index in [1.54, 1.807) is 0 Å². The van der Waals surface area contributed by atoms with Crippen LogP contribution in [0.25, 0.3) is 11.1 Å². The highest BCUT2D eigenvalue weighted by molar-refractivity contribution is 5.97. The van der Waals surface area contributed by atoms with Crippen molar-refractivity contribution in [1.29, 1.82) is 0 Å². The fourth-order valence-corrected chi connectivity index (χ4v) is 4.57. The zero-order valence-electron chi connectivity index (χ0n) is 18.2. The molecule has 1 atom stereocenters. The molecule has 29 heavy (non-hydrogen) atoms. The Bertz CT molecular complexity index is 808. The second kappa shape index (κ2) is 10.6. The van der Waals surface area contributed by atoms with E-state index < -0.39 is 0 Å². The van der Waals surface area contributed by atoms with Crippen molar-refractivity contribution >= 4 is 5.97 Å². The van der Waals surface area contributed by atoms with E-state index in [2.05, 4.69) is 37.4 Å². The monoisotopic (exact) mass is 393 g/mol. The summed E-state index contributed by atoms with van der Waals surface area (Å²) in [6.07, 6.45) is 9.43.